The van der Waals surface area contributed by atoms with Crippen LogP contribution >= 0.6 is 11.6 Å². The number of aliphatic hydroxyl groups excluding tert-OH is 1. The van der Waals surface area contributed by atoms with Gasteiger partial charge in [-0.2, -0.15) is 0 Å². The summed E-state index contributed by atoms with van der Waals surface area (Å²) >= 11 is 6.32. The Morgan fingerprint density at radius 1 is 1.33 bits per heavy atom. The molecule has 5 heteroatoms. The highest BCUT2D eigenvalue weighted by molar-refractivity contribution is 6.31. The summed E-state index contributed by atoms with van der Waals surface area (Å²) in [5.41, 5.74) is 2.16. The summed E-state index contributed by atoms with van der Waals surface area (Å²) in [5.74, 6) is 0.309. The SMILES string of the molecule is O[C@@H]1CCC[C@@H]1[C@@H]1COCCN1Cc1cc(Cl)cc2cccnc12. The third kappa shape index (κ3) is 3.16. The van der Waals surface area contributed by atoms with E-state index in [4.69, 9.17) is 16.3 Å². The van der Waals surface area contributed by atoms with Crippen LogP contribution in [0.1, 0.15) is 24.8 Å². The molecule has 2 fully saturated rings. The van der Waals surface area contributed by atoms with Crippen molar-refractivity contribution in [2.24, 2.45) is 5.92 Å². The smallest absolute Gasteiger partial charge is 0.0747 e. The first-order chi connectivity index (χ1) is 11.7. The summed E-state index contributed by atoms with van der Waals surface area (Å²) in [4.78, 5) is 7.01. The zero-order chi connectivity index (χ0) is 16.5. The Labute approximate surface area is 147 Å². The molecule has 24 heavy (non-hydrogen) atoms. The Bertz CT molecular complexity index is 724. The standard InChI is InChI=1S/C19H23ClN2O2/c20-15-9-13-3-2-6-21-19(13)14(10-15)11-22-7-8-24-12-17(22)16-4-1-5-18(16)23/h2-3,6,9-10,16-18,23H,1,4-5,7-8,11-12H2/t16-,17+,18-/m1/s1. The first kappa shape index (κ1) is 16.3. The molecule has 0 unspecified atom stereocenters. The minimum absolute atomic E-state index is 0.201. The number of pyridine rings is 1. The highest BCUT2D eigenvalue weighted by Gasteiger charge is 2.37. The fourth-order valence-corrected chi connectivity index (χ4v) is 4.48. The van der Waals surface area contributed by atoms with Crippen LogP contribution in [0.15, 0.2) is 30.5 Å². The molecule has 1 saturated carbocycles. The van der Waals surface area contributed by atoms with Gasteiger partial charge in [0.25, 0.3) is 0 Å². The molecule has 3 atom stereocenters. The Kier molecular flexibility index (Phi) is 4.72. The van der Waals surface area contributed by atoms with Crippen molar-refractivity contribution >= 4 is 22.5 Å². The van der Waals surface area contributed by atoms with Crippen LogP contribution in [0, 0.1) is 5.92 Å². The van der Waals surface area contributed by atoms with Crippen molar-refractivity contribution in [1.82, 2.24) is 9.88 Å². The van der Waals surface area contributed by atoms with Gasteiger partial charge in [0.15, 0.2) is 0 Å². The molecular weight excluding hydrogens is 324 g/mol. The molecule has 1 aromatic carbocycles. The molecule has 1 aliphatic heterocycles. The predicted molar refractivity (Wildman–Crippen MR) is 95.1 cm³/mol. The van der Waals surface area contributed by atoms with E-state index < -0.39 is 0 Å². The van der Waals surface area contributed by atoms with E-state index >= 15 is 0 Å². The fourth-order valence-electron chi connectivity index (χ4n) is 4.23. The number of hydrogen-bond donors (Lipinski definition) is 1. The first-order valence-electron chi connectivity index (χ1n) is 8.75. The molecule has 0 spiro atoms. The average Bonchev–Trinajstić information content (AvgIpc) is 3.01. The lowest BCUT2D eigenvalue weighted by Crippen LogP contribution is -2.50. The molecule has 1 aliphatic carbocycles. The number of rotatable bonds is 3. The summed E-state index contributed by atoms with van der Waals surface area (Å²) in [5, 5.41) is 12.1. The van der Waals surface area contributed by atoms with Gasteiger partial charge in [0.2, 0.25) is 0 Å². The largest absolute Gasteiger partial charge is 0.393 e. The fraction of sp³-hybridized carbons (Fsp3) is 0.526. The molecule has 1 aromatic heterocycles. The zero-order valence-electron chi connectivity index (χ0n) is 13.7. The molecule has 1 saturated heterocycles. The van der Waals surface area contributed by atoms with Gasteiger partial charge < -0.3 is 9.84 Å². The van der Waals surface area contributed by atoms with Crippen LogP contribution in [0.5, 0.6) is 0 Å². The average molecular weight is 347 g/mol. The van der Waals surface area contributed by atoms with Crippen LogP contribution in [-0.2, 0) is 11.3 Å². The minimum Gasteiger partial charge on any atom is -0.393 e. The number of aliphatic hydroxyl groups is 1. The molecule has 0 radical (unpaired) electrons. The van der Waals surface area contributed by atoms with Crippen LogP contribution in [0.3, 0.4) is 0 Å². The molecule has 2 aliphatic rings. The summed E-state index contributed by atoms with van der Waals surface area (Å²) < 4.78 is 5.73. The lowest BCUT2D eigenvalue weighted by atomic mass is 9.93. The monoisotopic (exact) mass is 346 g/mol. The summed E-state index contributed by atoms with van der Waals surface area (Å²) in [6.07, 6.45) is 4.74. The lowest BCUT2D eigenvalue weighted by molar-refractivity contribution is -0.0535. The third-order valence-electron chi connectivity index (χ3n) is 5.43. The van der Waals surface area contributed by atoms with E-state index in [1.54, 1.807) is 0 Å². The van der Waals surface area contributed by atoms with Crippen molar-refractivity contribution in [2.75, 3.05) is 19.8 Å². The number of benzene rings is 1. The Morgan fingerprint density at radius 3 is 3.08 bits per heavy atom. The van der Waals surface area contributed by atoms with Gasteiger partial charge in [-0.15, -0.1) is 0 Å². The molecule has 1 N–H and O–H groups in total. The van der Waals surface area contributed by atoms with Gasteiger partial charge >= 0.3 is 0 Å². The molecule has 4 nitrogen and oxygen atoms in total. The molecular formula is C19H23ClN2O2. The van der Waals surface area contributed by atoms with Crippen LogP contribution in [-0.4, -0.2) is 46.9 Å². The normalized spacial score (nSPS) is 28.5. The van der Waals surface area contributed by atoms with Crippen molar-refractivity contribution in [3.05, 3.63) is 41.0 Å². The Balaban J connectivity index is 1.63. The second kappa shape index (κ2) is 6.96. The molecule has 2 heterocycles. The van der Waals surface area contributed by atoms with E-state index in [-0.39, 0.29) is 12.1 Å². The number of halogens is 1. The van der Waals surface area contributed by atoms with Gasteiger partial charge in [-0.25, -0.2) is 0 Å². The maximum atomic E-state index is 10.3. The highest BCUT2D eigenvalue weighted by atomic mass is 35.5. The first-order valence-corrected chi connectivity index (χ1v) is 9.13. The van der Waals surface area contributed by atoms with Crippen LogP contribution in [0.4, 0.5) is 0 Å². The van der Waals surface area contributed by atoms with Gasteiger partial charge in [-0.1, -0.05) is 24.1 Å². The zero-order valence-corrected chi connectivity index (χ0v) is 14.5. The second-order valence-electron chi connectivity index (χ2n) is 6.91. The van der Waals surface area contributed by atoms with Crippen molar-refractivity contribution in [2.45, 2.75) is 38.0 Å². The van der Waals surface area contributed by atoms with E-state index in [0.717, 1.165) is 60.4 Å². The molecule has 2 aromatic rings. The molecule has 4 rings (SSSR count). The number of morpholine rings is 1. The summed E-state index contributed by atoms with van der Waals surface area (Å²) in [6, 6.07) is 8.25. The number of fused-ring (bicyclic) bond motifs is 1. The van der Waals surface area contributed by atoms with Crippen LogP contribution in [0.2, 0.25) is 5.02 Å². The number of ether oxygens (including phenoxy) is 1. The maximum Gasteiger partial charge on any atom is 0.0747 e. The van der Waals surface area contributed by atoms with Gasteiger partial charge in [0, 0.05) is 41.7 Å². The number of hydrogen-bond acceptors (Lipinski definition) is 4. The Morgan fingerprint density at radius 2 is 2.25 bits per heavy atom. The van der Waals surface area contributed by atoms with Crippen molar-refractivity contribution < 1.29 is 9.84 Å². The molecule has 0 bridgehead atoms. The summed E-state index contributed by atoms with van der Waals surface area (Å²) in [6.45, 7) is 3.12. The molecule has 0 amide bonds. The highest BCUT2D eigenvalue weighted by Crippen LogP contribution is 2.33. The summed E-state index contributed by atoms with van der Waals surface area (Å²) in [7, 11) is 0. The van der Waals surface area contributed by atoms with E-state index in [1.165, 1.54) is 0 Å². The second-order valence-corrected chi connectivity index (χ2v) is 7.35. The maximum absolute atomic E-state index is 10.3. The van der Waals surface area contributed by atoms with Crippen LogP contribution < -0.4 is 0 Å². The van der Waals surface area contributed by atoms with Crippen molar-refractivity contribution in [3.63, 3.8) is 0 Å². The third-order valence-corrected chi connectivity index (χ3v) is 5.65. The van der Waals surface area contributed by atoms with Gasteiger partial charge in [-0.05, 0) is 36.6 Å². The number of nitrogens with zero attached hydrogens (tertiary/aromatic N) is 2. The van der Waals surface area contributed by atoms with E-state index in [9.17, 15) is 5.11 Å². The molecule has 128 valence electrons. The van der Waals surface area contributed by atoms with E-state index in [0.29, 0.717) is 12.5 Å². The van der Waals surface area contributed by atoms with E-state index in [1.807, 2.05) is 24.4 Å². The van der Waals surface area contributed by atoms with Gasteiger partial charge in [0.05, 0.1) is 24.8 Å². The van der Waals surface area contributed by atoms with Gasteiger partial charge in [-0.3, -0.25) is 9.88 Å². The van der Waals surface area contributed by atoms with Crippen molar-refractivity contribution in [1.29, 1.82) is 0 Å². The van der Waals surface area contributed by atoms with E-state index in [2.05, 4.69) is 16.0 Å². The number of aromatic nitrogens is 1. The van der Waals surface area contributed by atoms with Gasteiger partial charge in [0.1, 0.15) is 0 Å². The quantitative estimate of drug-likeness (QED) is 0.926. The predicted octanol–water partition coefficient (Wildman–Crippen LogP) is 3.25. The lowest BCUT2D eigenvalue weighted by Gasteiger charge is -2.40. The topological polar surface area (TPSA) is 45.6 Å². The Hall–Kier alpha value is -1.20. The van der Waals surface area contributed by atoms with Crippen molar-refractivity contribution in [3.8, 4) is 0 Å². The van der Waals surface area contributed by atoms with Crippen LogP contribution in [0.25, 0.3) is 10.9 Å². The minimum atomic E-state index is -0.201.